The molecule has 0 spiro atoms. The number of nitrogens with one attached hydrogen (secondary N) is 1. The van der Waals surface area contributed by atoms with E-state index in [9.17, 15) is 8.42 Å². The molecule has 96 valence electrons. The zero-order valence-corrected chi connectivity index (χ0v) is 12.7. The molecule has 0 radical (unpaired) electrons. The van der Waals surface area contributed by atoms with E-state index in [1.807, 2.05) is 6.26 Å². The number of thioether (sulfide) groups is 1. The Hall–Kier alpha value is -0.310. The number of rotatable bonds is 5. The molecule has 1 unspecified atom stereocenters. The second kappa shape index (κ2) is 6.03. The first-order valence-corrected chi connectivity index (χ1v) is 8.46. The zero-order valence-electron chi connectivity index (χ0n) is 9.47. The second-order valence-electron chi connectivity index (χ2n) is 3.51. The number of pyridine rings is 1. The molecule has 0 fully saturated rings. The highest BCUT2D eigenvalue weighted by Crippen LogP contribution is 2.20. The number of anilines is 1. The van der Waals surface area contributed by atoms with Crippen LogP contribution in [0.5, 0.6) is 0 Å². The third-order valence-corrected chi connectivity index (χ3v) is 4.80. The van der Waals surface area contributed by atoms with Gasteiger partial charge in [0, 0.05) is 22.5 Å². The number of nitrogens with two attached hydrogens (primary N) is 1. The molecular formula is C9H14BrN3O2S2. The van der Waals surface area contributed by atoms with E-state index in [0.29, 0.717) is 10.2 Å². The van der Waals surface area contributed by atoms with Crippen LogP contribution in [0.4, 0.5) is 5.82 Å². The predicted octanol–water partition coefficient (Wildman–Crippen LogP) is 1.46. The summed E-state index contributed by atoms with van der Waals surface area (Å²) in [5.74, 6) is 0.692. The van der Waals surface area contributed by atoms with Crippen LogP contribution < -0.4 is 10.5 Å². The first-order chi connectivity index (χ1) is 7.86. The molecule has 1 aromatic rings. The number of nitrogens with zero attached hydrogens (tertiary/aromatic N) is 1. The maximum absolute atomic E-state index is 12.0. The van der Waals surface area contributed by atoms with Crippen molar-refractivity contribution < 1.29 is 8.42 Å². The van der Waals surface area contributed by atoms with Crippen LogP contribution in [0, 0.1) is 0 Å². The molecule has 0 bridgehead atoms. The molecule has 0 aliphatic rings. The minimum Gasteiger partial charge on any atom is -0.383 e. The van der Waals surface area contributed by atoms with Crippen LogP contribution in [-0.2, 0) is 10.0 Å². The summed E-state index contributed by atoms with van der Waals surface area (Å²) in [4.78, 5) is 3.80. The number of aromatic nitrogens is 1. The van der Waals surface area contributed by atoms with Crippen LogP contribution in [0.2, 0.25) is 0 Å². The Kier molecular flexibility index (Phi) is 5.23. The summed E-state index contributed by atoms with van der Waals surface area (Å²) in [6.45, 7) is 1.80. The van der Waals surface area contributed by atoms with Crippen LogP contribution in [-0.4, -0.2) is 31.5 Å². The van der Waals surface area contributed by atoms with Gasteiger partial charge in [0.25, 0.3) is 0 Å². The van der Waals surface area contributed by atoms with Crippen molar-refractivity contribution in [2.45, 2.75) is 17.9 Å². The molecule has 0 aliphatic heterocycles. The molecule has 1 aromatic heterocycles. The highest BCUT2D eigenvalue weighted by molar-refractivity contribution is 9.10. The molecule has 1 rings (SSSR count). The Morgan fingerprint density at radius 2 is 2.29 bits per heavy atom. The minimum absolute atomic E-state index is 0.000159. The fraction of sp³-hybridized carbons (Fsp3) is 0.444. The molecular weight excluding hydrogens is 326 g/mol. The van der Waals surface area contributed by atoms with E-state index in [4.69, 9.17) is 5.73 Å². The van der Waals surface area contributed by atoms with Crippen LogP contribution in [0.25, 0.3) is 0 Å². The summed E-state index contributed by atoms with van der Waals surface area (Å²) in [5, 5.41) is 0. The van der Waals surface area contributed by atoms with E-state index in [2.05, 4.69) is 25.6 Å². The van der Waals surface area contributed by atoms with E-state index in [1.54, 1.807) is 18.7 Å². The van der Waals surface area contributed by atoms with Gasteiger partial charge in [-0.1, -0.05) is 0 Å². The van der Waals surface area contributed by atoms with Crippen LogP contribution in [0.15, 0.2) is 21.6 Å². The van der Waals surface area contributed by atoms with Crippen molar-refractivity contribution in [1.82, 2.24) is 9.71 Å². The standard InChI is InChI=1S/C9H14BrN3O2S2/c1-6(5-16-2)13-17(14,15)8-3-7(10)4-12-9(8)11/h3-4,6,13H,5H2,1-2H3,(H2,11,12). The molecule has 0 aromatic carbocycles. The Bertz CT molecular complexity index is 493. The molecule has 0 aliphatic carbocycles. The third kappa shape index (κ3) is 4.13. The number of sulfonamides is 1. The zero-order chi connectivity index (χ0) is 13.1. The average Bonchev–Trinajstić information content (AvgIpc) is 2.21. The second-order valence-corrected chi connectivity index (χ2v) is 7.02. The lowest BCUT2D eigenvalue weighted by Crippen LogP contribution is -2.34. The summed E-state index contributed by atoms with van der Waals surface area (Å²) in [6, 6.07) is 1.28. The summed E-state index contributed by atoms with van der Waals surface area (Å²) in [6.07, 6.45) is 3.37. The maximum atomic E-state index is 12.0. The molecule has 0 saturated carbocycles. The Balaban J connectivity index is 3.01. The van der Waals surface area contributed by atoms with Gasteiger partial charge in [-0.05, 0) is 35.2 Å². The Morgan fingerprint density at radius 3 is 2.88 bits per heavy atom. The fourth-order valence-electron chi connectivity index (χ4n) is 1.26. The van der Waals surface area contributed by atoms with Crippen molar-refractivity contribution in [3.05, 3.63) is 16.7 Å². The van der Waals surface area contributed by atoms with Crippen molar-refractivity contribution in [1.29, 1.82) is 0 Å². The number of hydrogen-bond acceptors (Lipinski definition) is 5. The number of hydrogen-bond donors (Lipinski definition) is 2. The summed E-state index contributed by atoms with van der Waals surface area (Å²) >= 11 is 4.74. The topological polar surface area (TPSA) is 85.1 Å². The lowest BCUT2D eigenvalue weighted by molar-refractivity contribution is 0.571. The predicted molar refractivity (Wildman–Crippen MR) is 74.5 cm³/mol. The van der Waals surface area contributed by atoms with Gasteiger partial charge in [-0.2, -0.15) is 11.8 Å². The van der Waals surface area contributed by atoms with Gasteiger partial charge < -0.3 is 5.73 Å². The van der Waals surface area contributed by atoms with Gasteiger partial charge in [0.1, 0.15) is 10.7 Å². The van der Waals surface area contributed by atoms with Gasteiger partial charge in [-0.3, -0.25) is 0 Å². The van der Waals surface area contributed by atoms with Crippen LogP contribution >= 0.6 is 27.7 Å². The molecule has 8 heteroatoms. The van der Waals surface area contributed by atoms with Crippen molar-refractivity contribution in [2.75, 3.05) is 17.7 Å². The summed E-state index contributed by atoms with van der Waals surface area (Å²) in [5.41, 5.74) is 5.57. The van der Waals surface area contributed by atoms with E-state index >= 15 is 0 Å². The maximum Gasteiger partial charge on any atom is 0.244 e. The SMILES string of the molecule is CSCC(C)NS(=O)(=O)c1cc(Br)cnc1N. The van der Waals surface area contributed by atoms with Crippen LogP contribution in [0.3, 0.4) is 0 Å². The molecule has 17 heavy (non-hydrogen) atoms. The normalized spacial score (nSPS) is 13.6. The van der Waals surface area contributed by atoms with Crippen molar-refractivity contribution in [3.63, 3.8) is 0 Å². The van der Waals surface area contributed by atoms with Crippen molar-refractivity contribution >= 4 is 43.5 Å². The van der Waals surface area contributed by atoms with Gasteiger partial charge in [-0.15, -0.1) is 0 Å². The average molecular weight is 340 g/mol. The van der Waals surface area contributed by atoms with Gasteiger partial charge >= 0.3 is 0 Å². The highest BCUT2D eigenvalue weighted by atomic mass is 79.9. The largest absolute Gasteiger partial charge is 0.383 e. The summed E-state index contributed by atoms with van der Waals surface area (Å²) < 4.78 is 27.2. The molecule has 5 nitrogen and oxygen atoms in total. The van der Waals surface area contributed by atoms with Gasteiger partial charge in [0.15, 0.2) is 0 Å². The van der Waals surface area contributed by atoms with Gasteiger partial charge in [0.05, 0.1) is 0 Å². The monoisotopic (exact) mass is 339 g/mol. The van der Waals surface area contributed by atoms with Crippen molar-refractivity contribution in [3.8, 4) is 0 Å². The van der Waals surface area contributed by atoms with E-state index in [-0.39, 0.29) is 16.8 Å². The molecule has 1 heterocycles. The van der Waals surface area contributed by atoms with E-state index < -0.39 is 10.0 Å². The van der Waals surface area contributed by atoms with E-state index in [1.165, 1.54) is 12.3 Å². The van der Waals surface area contributed by atoms with Crippen LogP contribution in [0.1, 0.15) is 6.92 Å². The van der Waals surface area contributed by atoms with E-state index in [0.717, 1.165) is 0 Å². The summed E-state index contributed by atoms with van der Waals surface area (Å²) in [7, 11) is -3.62. The highest BCUT2D eigenvalue weighted by Gasteiger charge is 2.20. The quantitative estimate of drug-likeness (QED) is 0.848. The number of nitrogen functional groups attached to an aromatic ring is 1. The Morgan fingerprint density at radius 1 is 1.65 bits per heavy atom. The molecule has 0 saturated heterocycles. The lowest BCUT2D eigenvalue weighted by atomic mass is 10.4. The van der Waals surface area contributed by atoms with Gasteiger partial charge in [-0.25, -0.2) is 18.1 Å². The number of halogens is 1. The lowest BCUT2D eigenvalue weighted by Gasteiger charge is -2.13. The Labute approximate surface area is 114 Å². The van der Waals surface area contributed by atoms with Gasteiger partial charge in [0.2, 0.25) is 10.0 Å². The fourth-order valence-corrected chi connectivity index (χ4v) is 3.78. The first-order valence-electron chi connectivity index (χ1n) is 4.79. The molecule has 1 atom stereocenters. The molecule has 3 N–H and O–H groups in total. The first kappa shape index (κ1) is 14.7. The molecule has 0 amide bonds. The third-order valence-electron chi connectivity index (χ3n) is 1.91. The van der Waals surface area contributed by atoms with Crippen molar-refractivity contribution in [2.24, 2.45) is 0 Å². The smallest absolute Gasteiger partial charge is 0.244 e. The minimum atomic E-state index is -3.62.